The molecule has 8 nitrogen and oxygen atoms in total. The van der Waals surface area contributed by atoms with E-state index in [0.717, 1.165) is 34.0 Å². The molecule has 0 aliphatic rings. The Balaban J connectivity index is 1.72. The number of nitrogens with one attached hydrogen (secondary N) is 1. The lowest BCUT2D eigenvalue weighted by molar-refractivity contribution is -0.123. The number of methoxy groups -OCH3 is 1. The monoisotopic (exact) mass is 476 g/mol. The van der Waals surface area contributed by atoms with Crippen molar-refractivity contribution in [1.82, 2.24) is 14.9 Å². The summed E-state index contributed by atoms with van der Waals surface area (Å²) in [4.78, 5) is 28.7. The molecule has 174 valence electrons. The Kier molecular flexibility index (Phi) is 7.03. The first-order chi connectivity index (χ1) is 16.5. The van der Waals surface area contributed by atoms with Crippen molar-refractivity contribution in [1.29, 1.82) is 0 Å². The van der Waals surface area contributed by atoms with E-state index in [1.54, 1.807) is 24.6 Å². The quantitative estimate of drug-likeness (QED) is 0.403. The van der Waals surface area contributed by atoms with E-state index in [-0.39, 0.29) is 18.1 Å². The number of carbonyl (C=O) groups excluding carboxylic acids is 2. The third-order valence-corrected chi connectivity index (χ3v) is 6.08. The lowest BCUT2D eigenvalue weighted by Gasteiger charge is -2.31. The highest BCUT2D eigenvalue weighted by Gasteiger charge is 2.37. The molecule has 4 rings (SSSR count). The Labute approximate surface area is 201 Å². The van der Waals surface area contributed by atoms with E-state index in [1.807, 2.05) is 56.3 Å². The van der Waals surface area contributed by atoms with E-state index in [1.165, 1.54) is 11.2 Å². The van der Waals surface area contributed by atoms with Gasteiger partial charge in [0.25, 0.3) is 11.8 Å². The highest BCUT2D eigenvalue weighted by Crippen LogP contribution is 2.33. The fraction of sp³-hybridized carbons (Fsp3) is 0.200. The molecule has 0 unspecified atom stereocenters. The lowest BCUT2D eigenvalue weighted by Crippen LogP contribution is -2.44. The molecule has 2 aromatic carbocycles. The predicted octanol–water partition coefficient (Wildman–Crippen LogP) is 4.46. The molecule has 2 aromatic heterocycles. The summed E-state index contributed by atoms with van der Waals surface area (Å²) in [5.41, 5.74) is 3.51. The second kappa shape index (κ2) is 10.3. The lowest BCUT2D eigenvalue weighted by atomic mass is 10.0. The van der Waals surface area contributed by atoms with Gasteiger partial charge in [0.2, 0.25) is 0 Å². The van der Waals surface area contributed by atoms with Crippen LogP contribution in [0.5, 0.6) is 5.75 Å². The zero-order chi connectivity index (χ0) is 24.1. The van der Waals surface area contributed by atoms with Gasteiger partial charge in [-0.2, -0.15) is 0 Å². The minimum atomic E-state index is -1.05. The van der Waals surface area contributed by atoms with Gasteiger partial charge in [0, 0.05) is 17.6 Å². The maximum atomic E-state index is 13.7. The number of hydrogen-bond donors (Lipinski definition) is 1. The minimum absolute atomic E-state index is 0.158. The Bertz CT molecular complexity index is 1250. The topological polar surface area (TPSA) is 97.6 Å². The standard InChI is InChI=1S/C25H24N4O4S/c1-16-6-4-7-21(17(16)2)29(25(31)20-15-34-28-27-20)23(22-8-5-13-33-22)24(30)26-14-18-9-11-19(32-3)12-10-18/h4-13,15,23H,14H2,1-3H3,(H,26,30)/t23-/m0/s1. The van der Waals surface area contributed by atoms with Crippen LogP contribution in [0.15, 0.2) is 70.7 Å². The van der Waals surface area contributed by atoms with Crippen LogP contribution in [-0.4, -0.2) is 28.5 Å². The van der Waals surface area contributed by atoms with Crippen molar-refractivity contribution < 1.29 is 18.7 Å². The van der Waals surface area contributed by atoms with E-state index in [4.69, 9.17) is 9.15 Å². The van der Waals surface area contributed by atoms with Gasteiger partial charge in [-0.05, 0) is 72.4 Å². The molecule has 4 aromatic rings. The smallest absolute Gasteiger partial charge is 0.280 e. The van der Waals surface area contributed by atoms with Gasteiger partial charge in [-0.15, -0.1) is 5.10 Å². The van der Waals surface area contributed by atoms with Gasteiger partial charge < -0.3 is 14.5 Å². The second-order valence-electron chi connectivity index (χ2n) is 7.67. The molecule has 0 aliphatic carbocycles. The number of benzene rings is 2. The summed E-state index contributed by atoms with van der Waals surface area (Å²) >= 11 is 1.07. The predicted molar refractivity (Wildman–Crippen MR) is 129 cm³/mol. The van der Waals surface area contributed by atoms with E-state index in [2.05, 4.69) is 14.9 Å². The fourth-order valence-corrected chi connectivity index (χ4v) is 4.02. The zero-order valence-corrected chi connectivity index (χ0v) is 19.8. The van der Waals surface area contributed by atoms with Crippen molar-refractivity contribution in [2.24, 2.45) is 0 Å². The average molecular weight is 477 g/mol. The number of carbonyl (C=O) groups is 2. The van der Waals surface area contributed by atoms with Gasteiger partial charge in [0.05, 0.1) is 13.4 Å². The summed E-state index contributed by atoms with van der Waals surface area (Å²) in [6, 6.07) is 15.3. The van der Waals surface area contributed by atoms with Gasteiger partial charge >= 0.3 is 0 Å². The molecule has 34 heavy (non-hydrogen) atoms. The fourth-order valence-electron chi connectivity index (χ4n) is 3.59. The van der Waals surface area contributed by atoms with Gasteiger partial charge in [-0.25, -0.2) is 0 Å². The van der Waals surface area contributed by atoms with Gasteiger partial charge in [0.1, 0.15) is 11.5 Å². The number of aryl methyl sites for hydroxylation is 1. The Morgan fingerprint density at radius 1 is 1.12 bits per heavy atom. The number of aromatic nitrogens is 2. The van der Waals surface area contributed by atoms with Crippen molar-refractivity contribution in [3.63, 3.8) is 0 Å². The molecular weight excluding hydrogens is 452 g/mol. The normalized spacial score (nSPS) is 11.6. The minimum Gasteiger partial charge on any atom is -0.497 e. The largest absolute Gasteiger partial charge is 0.497 e. The Hall–Kier alpha value is -3.98. The van der Waals surface area contributed by atoms with E-state index >= 15 is 0 Å². The molecule has 0 aliphatic heterocycles. The highest BCUT2D eigenvalue weighted by atomic mass is 32.1. The maximum Gasteiger partial charge on any atom is 0.280 e. The van der Waals surface area contributed by atoms with Crippen LogP contribution >= 0.6 is 11.5 Å². The first kappa shape index (κ1) is 23.2. The van der Waals surface area contributed by atoms with Gasteiger partial charge in [0.15, 0.2) is 11.7 Å². The maximum absolute atomic E-state index is 13.7. The first-order valence-corrected chi connectivity index (χ1v) is 11.4. The number of anilines is 1. The summed E-state index contributed by atoms with van der Waals surface area (Å²) < 4.78 is 14.7. The van der Waals surface area contributed by atoms with Crippen molar-refractivity contribution in [2.45, 2.75) is 26.4 Å². The van der Waals surface area contributed by atoms with Crippen LogP contribution in [0.25, 0.3) is 0 Å². The molecule has 0 radical (unpaired) electrons. The molecule has 2 heterocycles. The van der Waals surface area contributed by atoms with Crippen LogP contribution in [0.2, 0.25) is 0 Å². The molecule has 0 fully saturated rings. The zero-order valence-electron chi connectivity index (χ0n) is 19.0. The van der Waals surface area contributed by atoms with Crippen LogP contribution in [0, 0.1) is 13.8 Å². The van der Waals surface area contributed by atoms with Crippen LogP contribution in [-0.2, 0) is 11.3 Å². The van der Waals surface area contributed by atoms with Crippen LogP contribution < -0.4 is 15.0 Å². The summed E-state index contributed by atoms with van der Waals surface area (Å²) in [7, 11) is 1.60. The van der Waals surface area contributed by atoms with Crippen molar-refractivity contribution in [3.8, 4) is 5.75 Å². The van der Waals surface area contributed by atoms with Gasteiger partial charge in [-0.1, -0.05) is 28.8 Å². The number of hydrogen-bond acceptors (Lipinski definition) is 7. The van der Waals surface area contributed by atoms with Gasteiger partial charge in [-0.3, -0.25) is 14.5 Å². The van der Waals surface area contributed by atoms with Crippen LogP contribution in [0.1, 0.15) is 39.0 Å². The number of furan rings is 1. The number of nitrogens with zero attached hydrogens (tertiary/aromatic N) is 3. The molecule has 9 heteroatoms. The number of ether oxygens (including phenoxy) is 1. The number of rotatable bonds is 8. The highest BCUT2D eigenvalue weighted by molar-refractivity contribution is 7.03. The summed E-state index contributed by atoms with van der Waals surface area (Å²) in [6.45, 7) is 4.14. The average Bonchev–Trinajstić information content (AvgIpc) is 3.58. The first-order valence-electron chi connectivity index (χ1n) is 10.6. The summed E-state index contributed by atoms with van der Waals surface area (Å²) in [5.74, 6) is 0.239. The molecule has 0 saturated carbocycles. The van der Waals surface area contributed by atoms with E-state index < -0.39 is 11.9 Å². The molecule has 0 bridgehead atoms. The van der Waals surface area contributed by atoms with Crippen LogP contribution in [0.4, 0.5) is 5.69 Å². The molecule has 0 spiro atoms. The van der Waals surface area contributed by atoms with E-state index in [0.29, 0.717) is 11.4 Å². The van der Waals surface area contributed by atoms with Crippen molar-refractivity contribution in [3.05, 3.63) is 94.4 Å². The van der Waals surface area contributed by atoms with Crippen molar-refractivity contribution >= 4 is 29.0 Å². The Morgan fingerprint density at radius 2 is 1.91 bits per heavy atom. The number of amides is 2. The Morgan fingerprint density at radius 3 is 2.56 bits per heavy atom. The van der Waals surface area contributed by atoms with Crippen LogP contribution in [0.3, 0.4) is 0 Å². The molecule has 2 amide bonds. The second-order valence-corrected chi connectivity index (χ2v) is 8.28. The SMILES string of the molecule is COc1ccc(CNC(=O)[C@H](c2ccco2)N(C(=O)c2csnn2)c2cccc(C)c2C)cc1. The van der Waals surface area contributed by atoms with E-state index in [9.17, 15) is 9.59 Å². The van der Waals surface area contributed by atoms with Crippen molar-refractivity contribution in [2.75, 3.05) is 12.0 Å². The molecule has 1 atom stereocenters. The summed E-state index contributed by atoms with van der Waals surface area (Å²) in [5, 5.41) is 8.46. The molecule has 0 saturated heterocycles. The summed E-state index contributed by atoms with van der Waals surface area (Å²) in [6.07, 6.45) is 1.48. The molecule has 1 N–H and O–H groups in total. The molecular formula is C25H24N4O4S. The third-order valence-electron chi connectivity index (χ3n) is 5.58. The third kappa shape index (κ3) is 4.84.